The van der Waals surface area contributed by atoms with E-state index in [1.54, 1.807) is 0 Å². The van der Waals surface area contributed by atoms with Crippen LogP contribution in [0, 0.1) is 0 Å². The van der Waals surface area contributed by atoms with E-state index >= 15 is 0 Å². The van der Waals surface area contributed by atoms with Crippen LogP contribution in [0.3, 0.4) is 0 Å². The van der Waals surface area contributed by atoms with E-state index < -0.39 is 0 Å². The van der Waals surface area contributed by atoms with Crippen LogP contribution in [0.1, 0.15) is 0 Å². The number of pyridine rings is 1. The van der Waals surface area contributed by atoms with Gasteiger partial charge in [-0.05, 0) is 64.2 Å². The quantitative estimate of drug-likeness (QED) is 0.165. The van der Waals surface area contributed by atoms with Gasteiger partial charge in [0, 0.05) is 39.2 Å². The van der Waals surface area contributed by atoms with Gasteiger partial charge in [-0.2, -0.15) is 0 Å². The topological polar surface area (TPSA) is 64.7 Å². The third-order valence-corrected chi connectivity index (χ3v) is 9.99. The summed E-state index contributed by atoms with van der Waals surface area (Å²) in [5.74, 6) is 1.73. The van der Waals surface area contributed by atoms with E-state index in [1.807, 2.05) is 91.1 Å². The number of aromatic nitrogens is 4. The largest absolute Gasteiger partial charge is 0.455 e. The molecular weight excluding hydrogens is 673 g/mol. The van der Waals surface area contributed by atoms with Crippen LogP contribution in [0.15, 0.2) is 199 Å². The fraction of sp³-hybridized carbons (Fsp3) is 0. The number of hydrogen-bond acceptors (Lipinski definition) is 5. The normalized spacial score (nSPS) is 11.3. The van der Waals surface area contributed by atoms with Crippen molar-refractivity contribution in [3.8, 4) is 78.8 Å². The SMILES string of the molecule is c1ccc(-c2cc(-c3ccccc3)c3oc4c(-c5nc(-c6ccccc6)nc(-c6ccccc6)n5)ccc(-c5cccc(-c6ccccn6)c5)c4c3c2)cc1. The maximum Gasteiger partial charge on any atom is 0.167 e. The molecule has 0 spiro atoms. The molecule has 0 bridgehead atoms. The monoisotopic (exact) mass is 704 g/mol. The molecule has 0 radical (unpaired) electrons. The van der Waals surface area contributed by atoms with Gasteiger partial charge in [0.1, 0.15) is 11.2 Å². The summed E-state index contributed by atoms with van der Waals surface area (Å²) in [6.07, 6.45) is 1.83. The summed E-state index contributed by atoms with van der Waals surface area (Å²) in [7, 11) is 0. The molecule has 0 aliphatic rings. The lowest BCUT2D eigenvalue weighted by Crippen LogP contribution is -2.00. The van der Waals surface area contributed by atoms with E-state index in [1.165, 1.54) is 0 Å². The number of hydrogen-bond donors (Lipinski definition) is 0. The van der Waals surface area contributed by atoms with Crippen LogP contribution in [-0.4, -0.2) is 19.9 Å². The molecule has 0 amide bonds. The summed E-state index contributed by atoms with van der Waals surface area (Å²) in [6, 6.07) is 64.4. The highest BCUT2D eigenvalue weighted by Gasteiger charge is 2.23. The first kappa shape index (κ1) is 32.2. The minimum Gasteiger partial charge on any atom is -0.455 e. The first-order valence-electron chi connectivity index (χ1n) is 18.3. The maximum absolute atomic E-state index is 7.17. The minimum absolute atomic E-state index is 0.537. The van der Waals surface area contributed by atoms with E-state index in [0.717, 1.165) is 77.7 Å². The molecule has 0 fully saturated rings. The van der Waals surface area contributed by atoms with Crippen molar-refractivity contribution in [1.29, 1.82) is 0 Å². The van der Waals surface area contributed by atoms with E-state index in [0.29, 0.717) is 23.1 Å². The van der Waals surface area contributed by atoms with Gasteiger partial charge in [0.2, 0.25) is 0 Å². The number of furan rings is 1. The average Bonchev–Trinajstić information content (AvgIpc) is 3.67. The molecule has 258 valence electrons. The molecule has 3 aromatic heterocycles. The van der Waals surface area contributed by atoms with Crippen LogP contribution < -0.4 is 0 Å². The second-order valence-corrected chi connectivity index (χ2v) is 13.4. The van der Waals surface area contributed by atoms with Gasteiger partial charge in [-0.3, -0.25) is 4.98 Å². The van der Waals surface area contributed by atoms with Crippen molar-refractivity contribution < 1.29 is 4.42 Å². The Bertz CT molecular complexity index is 2890. The Hall–Kier alpha value is -7.50. The van der Waals surface area contributed by atoms with Gasteiger partial charge in [-0.25, -0.2) is 15.0 Å². The lowest BCUT2D eigenvalue weighted by atomic mass is 9.92. The van der Waals surface area contributed by atoms with Crippen LogP contribution in [0.4, 0.5) is 0 Å². The molecule has 0 saturated carbocycles. The van der Waals surface area contributed by atoms with Crippen LogP contribution in [-0.2, 0) is 0 Å². The summed E-state index contributed by atoms with van der Waals surface area (Å²) in [5, 5.41) is 2.00. The third-order valence-electron chi connectivity index (χ3n) is 9.99. The maximum atomic E-state index is 7.17. The van der Waals surface area contributed by atoms with Crippen LogP contribution in [0.2, 0.25) is 0 Å². The number of fused-ring (bicyclic) bond motifs is 3. The van der Waals surface area contributed by atoms with Crippen molar-refractivity contribution in [1.82, 2.24) is 19.9 Å². The zero-order chi connectivity index (χ0) is 36.6. The summed E-state index contributed by atoms with van der Waals surface area (Å²) in [4.78, 5) is 19.9. The molecule has 0 unspecified atom stereocenters. The molecule has 5 nitrogen and oxygen atoms in total. The second kappa shape index (κ2) is 13.8. The van der Waals surface area contributed by atoms with Crippen LogP contribution >= 0.6 is 0 Å². The second-order valence-electron chi connectivity index (χ2n) is 13.4. The number of benzene rings is 7. The van der Waals surface area contributed by atoms with Crippen LogP contribution in [0.25, 0.3) is 101 Å². The molecule has 0 aliphatic carbocycles. The van der Waals surface area contributed by atoms with Gasteiger partial charge in [0.15, 0.2) is 17.5 Å². The molecule has 3 heterocycles. The summed E-state index contributed by atoms with van der Waals surface area (Å²) in [5.41, 5.74) is 12.5. The zero-order valence-electron chi connectivity index (χ0n) is 29.7. The summed E-state index contributed by atoms with van der Waals surface area (Å²) >= 11 is 0. The fourth-order valence-corrected chi connectivity index (χ4v) is 7.34. The highest BCUT2D eigenvalue weighted by atomic mass is 16.3. The van der Waals surface area contributed by atoms with Gasteiger partial charge in [0.05, 0.1) is 11.3 Å². The highest BCUT2D eigenvalue weighted by Crippen LogP contribution is 2.46. The lowest BCUT2D eigenvalue weighted by Gasteiger charge is -2.11. The lowest BCUT2D eigenvalue weighted by molar-refractivity contribution is 0.670. The molecular formula is C50H32N4O. The van der Waals surface area contributed by atoms with Crippen LogP contribution in [0.5, 0.6) is 0 Å². The average molecular weight is 705 g/mol. The minimum atomic E-state index is 0.537. The Labute approximate surface area is 318 Å². The van der Waals surface area contributed by atoms with Gasteiger partial charge >= 0.3 is 0 Å². The van der Waals surface area contributed by atoms with Crippen molar-refractivity contribution in [3.05, 3.63) is 194 Å². The molecule has 0 atom stereocenters. The first-order valence-corrected chi connectivity index (χ1v) is 18.3. The van der Waals surface area contributed by atoms with Crippen molar-refractivity contribution in [2.75, 3.05) is 0 Å². The molecule has 10 aromatic rings. The Morgan fingerprint density at radius 1 is 0.327 bits per heavy atom. The summed E-state index contributed by atoms with van der Waals surface area (Å²) in [6.45, 7) is 0. The van der Waals surface area contributed by atoms with Crippen molar-refractivity contribution in [2.45, 2.75) is 0 Å². The van der Waals surface area contributed by atoms with Gasteiger partial charge < -0.3 is 4.42 Å². The Balaban J connectivity index is 1.30. The van der Waals surface area contributed by atoms with Crippen molar-refractivity contribution in [3.63, 3.8) is 0 Å². The molecule has 0 N–H and O–H groups in total. The molecule has 55 heavy (non-hydrogen) atoms. The third kappa shape index (κ3) is 6.04. The van der Waals surface area contributed by atoms with Gasteiger partial charge in [-0.1, -0.05) is 152 Å². The predicted molar refractivity (Wildman–Crippen MR) is 223 cm³/mol. The molecule has 0 saturated heterocycles. The predicted octanol–water partition coefficient (Wildman–Crippen LogP) is 12.8. The fourth-order valence-electron chi connectivity index (χ4n) is 7.34. The van der Waals surface area contributed by atoms with E-state index in [9.17, 15) is 0 Å². The van der Waals surface area contributed by atoms with Crippen molar-refractivity contribution in [2.24, 2.45) is 0 Å². The molecule has 5 heteroatoms. The van der Waals surface area contributed by atoms with Crippen molar-refractivity contribution >= 4 is 21.9 Å². The van der Waals surface area contributed by atoms with E-state index in [4.69, 9.17) is 19.4 Å². The number of rotatable bonds is 7. The molecule has 10 rings (SSSR count). The molecule has 0 aliphatic heterocycles. The Kier molecular flexibility index (Phi) is 8.08. The Morgan fingerprint density at radius 2 is 0.873 bits per heavy atom. The van der Waals surface area contributed by atoms with Gasteiger partial charge in [0.25, 0.3) is 0 Å². The Morgan fingerprint density at radius 3 is 1.51 bits per heavy atom. The first-order chi connectivity index (χ1) is 27.3. The smallest absolute Gasteiger partial charge is 0.167 e. The zero-order valence-corrected chi connectivity index (χ0v) is 29.7. The standard InChI is InChI=1S/C50H32N4O/c1-5-16-33(17-6-1)39-31-42(34-18-7-2-8-19-34)46-43(32-39)45-40(37-24-15-25-38(30-37)44-26-13-14-29-51-44)27-28-41(47(45)55-46)50-53-48(35-20-9-3-10-21-35)52-49(54-50)36-22-11-4-12-23-36/h1-32H. The molecule has 7 aromatic carbocycles. The van der Waals surface area contributed by atoms with E-state index in [-0.39, 0.29) is 0 Å². The number of nitrogens with zero attached hydrogens (tertiary/aromatic N) is 4. The van der Waals surface area contributed by atoms with E-state index in [2.05, 4.69) is 108 Å². The van der Waals surface area contributed by atoms with Gasteiger partial charge in [-0.15, -0.1) is 0 Å². The highest BCUT2D eigenvalue weighted by molar-refractivity contribution is 6.19. The summed E-state index contributed by atoms with van der Waals surface area (Å²) < 4.78 is 7.17.